The molecule has 0 saturated heterocycles. The van der Waals surface area contributed by atoms with Crippen molar-refractivity contribution in [3.05, 3.63) is 41.3 Å². The maximum Gasteiger partial charge on any atom is 0.529 e. The molecular formula is C9H12Cl2NO4P. The van der Waals surface area contributed by atoms with Crippen LogP contribution in [0.15, 0.2) is 41.3 Å². The molecule has 8 heteroatoms. The maximum absolute atomic E-state index is 11.0. The quantitative estimate of drug-likeness (QED) is 0.626. The Kier molecular flexibility index (Phi) is 9.13. The summed E-state index contributed by atoms with van der Waals surface area (Å²) in [6.07, 6.45) is 4.37. The molecule has 1 aromatic rings. The number of phosphoric acid groups is 1. The van der Waals surface area contributed by atoms with E-state index in [-0.39, 0.29) is 4.49 Å². The van der Waals surface area contributed by atoms with Crippen molar-refractivity contribution in [3.63, 3.8) is 0 Å². The zero-order valence-electron chi connectivity index (χ0n) is 9.25. The summed E-state index contributed by atoms with van der Waals surface area (Å²) in [6, 6.07) is 5.72. The van der Waals surface area contributed by atoms with E-state index in [2.05, 4.69) is 18.6 Å². The van der Waals surface area contributed by atoms with Crippen molar-refractivity contribution < 1.29 is 18.1 Å². The molecule has 0 atom stereocenters. The summed E-state index contributed by atoms with van der Waals surface area (Å²) in [4.78, 5) is 3.78. The zero-order chi connectivity index (χ0) is 13.1. The van der Waals surface area contributed by atoms with Crippen molar-refractivity contribution >= 4 is 31.0 Å². The summed E-state index contributed by atoms with van der Waals surface area (Å²) in [5, 5.41) is 0. The number of hydrogen-bond donors (Lipinski definition) is 0. The van der Waals surface area contributed by atoms with Crippen LogP contribution < -0.4 is 0 Å². The van der Waals surface area contributed by atoms with Gasteiger partial charge in [-0.15, -0.1) is 0 Å². The Labute approximate surface area is 110 Å². The monoisotopic (exact) mass is 299 g/mol. The molecule has 0 bridgehead atoms. The first-order valence-corrected chi connectivity index (χ1v) is 6.52. The second-order valence-electron chi connectivity index (χ2n) is 2.35. The van der Waals surface area contributed by atoms with Gasteiger partial charge in [-0.1, -0.05) is 29.3 Å². The molecule has 1 heterocycles. The fourth-order valence-corrected chi connectivity index (χ4v) is 1.35. The Morgan fingerprint density at radius 1 is 1.18 bits per heavy atom. The second-order valence-corrected chi connectivity index (χ2v) is 5.19. The van der Waals surface area contributed by atoms with E-state index in [0.29, 0.717) is 0 Å². The molecule has 0 aliphatic heterocycles. The normalized spacial score (nSPS) is 9.88. The van der Waals surface area contributed by atoms with Crippen LogP contribution in [0.2, 0.25) is 0 Å². The lowest BCUT2D eigenvalue weighted by atomic mass is 10.5. The van der Waals surface area contributed by atoms with Crippen molar-refractivity contribution in [1.82, 2.24) is 4.98 Å². The summed E-state index contributed by atoms with van der Waals surface area (Å²) in [7, 11) is -1.12. The van der Waals surface area contributed by atoms with Crippen LogP contribution in [0.1, 0.15) is 0 Å². The fourth-order valence-electron chi connectivity index (χ4n) is 0.578. The van der Waals surface area contributed by atoms with Crippen LogP contribution >= 0.6 is 31.0 Å². The van der Waals surface area contributed by atoms with Gasteiger partial charge in [-0.3, -0.25) is 14.0 Å². The smallest absolute Gasteiger partial charge is 0.409 e. The van der Waals surface area contributed by atoms with Crippen LogP contribution in [-0.2, 0) is 18.1 Å². The van der Waals surface area contributed by atoms with Crippen LogP contribution in [0, 0.1) is 0 Å². The topological polar surface area (TPSA) is 57.7 Å². The first-order chi connectivity index (χ1) is 8.04. The van der Waals surface area contributed by atoms with E-state index < -0.39 is 7.82 Å². The van der Waals surface area contributed by atoms with E-state index in [1.165, 1.54) is 14.2 Å². The Hall–Kier alpha value is -0.580. The molecular weight excluding hydrogens is 288 g/mol. The molecule has 0 spiro atoms. The number of nitrogens with zero attached hydrogens (tertiary/aromatic N) is 1. The average Bonchev–Trinajstić information content (AvgIpc) is 2.39. The van der Waals surface area contributed by atoms with Gasteiger partial charge in [-0.25, -0.2) is 4.57 Å². The maximum atomic E-state index is 11.0. The van der Waals surface area contributed by atoms with E-state index in [9.17, 15) is 4.57 Å². The third-order valence-electron chi connectivity index (χ3n) is 1.28. The molecule has 17 heavy (non-hydrogen) atoms. The van der Waals surface area contributed by atoms with Crippen LogP contribution in [-0.4, -0.2) is 19.2 Å². The third kappa shape index (κ3) is 9.15. The molecule has 0 fully saturated rings. The van der Waals surface area contributed by atoms with Gasteiger partial charge in [0, 0.05) is 26.6 Å². The Balaban J connectivity index is 0.000000354. The molecule has 5 nitrogen and oxygen atoms in total. The lowest BCUT2D eigenvalue weighted by molar-refractivity contribution is 0.194. The minimum atomic E-state index is -3.48. The van der Waals surface area contributed by atoms with Gasteiger partial charge in [0.25, 0.3) is 0 Å². The number of phosphoric ester groups is 1. The van der Waals surface area contributed by atoms with Gasteiger partial charge < -0.3 is 4.52 Å². The molecule has 0 aromatic carbocycles. The summed E-state index contributed by atoms with van der Waals surface area (Å²) in [5.74, 6) is 0. The van der Waals surface area contributed by atoms with Crippen molar-refractivity contribution in [1.29, 1.82) is 0 Å². The van der Waals surface area contributed by atoms with E-state index in [4.69, 9.17) is 23.2 Å². The molecule has 0 saturated carbocycles. The first kappa shape index (κ1) is 16.4. The standard InChI is InChI=1S/C5H5N.C4H7Cl2O4P/c1-2-4-6-5-3-1;1-8-11(7,9-2)10-3-4(5)6/h1-5H;3H,1-2H3. The summed E-state index contributed by atoms with van der Waals surface area (Å²) in [6.45, 7) is 0. The van der Waals surface area contributed by atoms with E-state index in [1.807, 2.05) is 18.2 Å². The predicted octanol–water partition coefficient (Wildman–Crippen LogP) is 3.76. The molecule has 0 unspecified atom stereocenters. The lowest BCUT2D eigenvalue weighted by Gasteiger charge is -2.10. The lowest BCUT2D eigenvalue weighted by Crippen LogP contribution is -1.88. The van der Waals surface area contributed by atoms with Crippen molar-refractivity contribution in [2.75, 3.05) is 14.2 Å². The molecule has 1 rings (SSSR count). The Morgan fingerprint density at radius 3 is 1.94 bits per heavy atom. The number of halogens is 2. The molecule has 0 amide bonds. The van der Waals surface area contributed by atoms with Crippen LogP contribution in [0.4, 0.5) is 0 Å². The van der Waals surface area contributed by atoms with Gasteiger partial charge in [0.05, 0.1) is 0 Å². The minimum Gasteiger partial charge on any atom is -0.409 e. The van der Waals surface area contributed by atoms with Crippen LogP contribution in [0.5, 0.6) is 0 Å². The minimum absolute atomic E-state index is 0.167. The number of pyridine rings is 1. The van der Waals surface area contributed by atoms with Gasteiger partial charge in [-0.2, -0.15) is 0 Å². The van der Waals surface area contributed by atoms with Crippen molar-refractivity contribution in [2.24, 2.45) is 0 Å². The van der Waals surface area contributed by atoms with Gasteiger partial charge in [-0.05, 0) is 12.1 Å². The number of hydrogen-bond acceptors (Lipinski definition) is 5. The molecule has 1 aromatic heterocycles. The van der Waals surface area contributed by atoms with Gasteiger partial charge in [0.1, 0.15) is 10.8 Å². The average molecular weight is 300 g/mol. The molecule has 0 aliphatic rings. The molecule has 96 valence electrons. The number of rotatable bonds is 4. The van der Waals surface area contributed by atoms with Crippen LogP contribution in [0.3, 0.4) is 0 Å². The van der Waals surface area contributed by atoms with E-state index in [1.54, 1.807) is 12.4 Å². The largest absolute Gasteiger partial charge is 0.529 e. The Morgan fingerprint density at radius 2 is 1.71 bits per heavy atom. The SMILES string of the molecule is COP(=O)(OC)OC=C(Cl)Cl.c1ccncc1. The van der Waals surface area contributed by atoms with Gasteiger partial charge >= 0.3 is 7.82 Å². The highest BCUT2D eigenvalue weighted by Crippen LogP contribution is 2.48. The van der Waals surface area contributed by atoms with E-state index in [0.717, 1.165) is 6.26 Å². The summed E-state index contributed by atoms with van der Waals surface area (Å²) < 4.78 is 24.1. The van der Waals surface area contributed by atoms with Gasteiger partial charge in [0.2, 0.25) is 0 Å². The van der Waals surface area contributed by atoms with Crippen molar-refractivity contribution in [2.45, 2.75) is 0 Å². The van der Waals surface area contributed by atoms with E-state index >= 15 is 0 Å². The molecule has 0 radical (unpaired) electrons. The highest BCUT2D eigenvalue weighted by atomic mass is 35.5. The molecule has 0 N–H and O–H groups in total. The summed E-state index contributed by atoms with van der Waals surface area (Å²) >= 11 is 10.3. The second kappa shape index (κ2) is 9.45. The third-order valence-corrected chi connectivity index (χ3v) is 2.72. The predicted molar refractivity (Wildman–Crippen MR) is 66.7 cm³/mol. The fraction of sp³-hybridized carbons (Fsp3) is 0.222. The Bertz CT molecular complexity index is 336. The van der Waals surface area contributed by atoms with Crippen LogP contribution in [0.25, 0.3) is 0 Å². The highest BCUT2D eigenvalue weighted by Gasteiger charge is 2.22. The zero-order valence-corrected chi connectivity index (χ0v) is 11.7. The van der Waals surface area contributed by atoms with Gasteiger partial charge in [0.15, 0.2) is 0 Å². The highest BCUT2D eigenvalue weighted by molar-refractivity contribution is 7.48. The van der Waals surface area contributed by atoms with Crippen molar-refractivity contribution in [3.8, 4) is 0 Å². The number of aromatic nitrogens is 1. The molecule has 0 aliphatic carbocycles. The summed E-state index contributed by atoms with van der Waals surface area (Å²) in [5.41, 5.74) is 0. The first-order valence-electron chi connectivity index (χ1n) is 4.30.